The summed E-state index contributed by atoms with van der Waals surface area (Å²) in [5.74, 6) is 0.178. The van der Waals surface area contributed by atoms with E-state index in [-0.39, 0.29) is 5.91 Å². The number of rotatable bonds is 8. The molecule has 0 aromatic carbocycles. The Labute approximate surface area is 113 Å². The van der Waals surface area contributed by atoms with Crippen molar-refractivity contribution in [1.82, 2.24) is 9.29 Å². The van der Waals surface area contributed by atoms with Crippen LogP contribution in [0.2, 0.25) is 0 Å². The van der Waals surface area contributed by atoms with Gasteiger partial charge in [0.25, 0.3) is 0 Å². The highest BCUT2D eigenvalue weighted by Gasteiger charge is 2.14. The van der Waals surface area contributed by atoms with Gasteiger partial charge in [-0.15, -0.1) is 6.58 Å². The number of hydrogen-bond donors (Lipinski definition) is 0. The van der Waals surface area contributed by atoms with Crippen LogP contribution < -0.4 is 0 Å². The number of pyridine rings is 1. The minimum Gasteiger partial charge on any atom is -0.281 e. The summed E-state index contributed by atoms with van der Waals surface area (Å²) < 4.78 is 1.81. The van der Waals surface area contributed by atoms with Gasteiger partial charge in [0.2, 0.25) is 5.91 Å². The lowest BCUT2D eigenvalue weighted by Crippen LogP contribution is -2.25. The normalized spacial score (nSPS) is 10.1. The van der Waals surface area contributed by atoms with Crippen molar-refractivity contribution in [1.29, 1.82) is 0 Å². The van der Waals surface area contributed by atoms with E-state index in [1.807, 2.05) is 35.5 Å². The Morgan fingerprint density at radius 1 is 1.56 bits per heavy atom. The molecule has 4 heteroatoms. The molecule has 0 aliphatic heterocycles. The number of nitrogens with zero attached hydrogens (tertiary/aromatic N) is 2. The smallest absolute Gasteiger partial charge is 0.232 e. The molecule has 1 aromatic heterocycles. The van der Waals surface area contributed by atoms with Gasteiger partial charge in [-0.2, -0.15) is 0 Å². The van der Waals surface area contributed by atoms with Crippen LogP contribution in [0.3, 0.4) is 0 Å². The number of allylic oxidation sites excluding steroid dienone is 1. The zero-order chi connectivity index (χ0) is 13.2. The van der Waals surface area contributed by atoms with Gasteiger partial charge in [0.1, 0.15) is 5.03 Å². The minimum atomic E-state index is 0.178. The second-order valence-corrected chi connectivity index (χ2v) is 4.98. The molecular weight excluding hydrogens is 244 g/mol. The summed E-state index contributed by atoms with van der Waals surface area (Å²) in [7, 11) is 0. The Kier molecular flexibility index (Phi) is 7.18. The van der Waals surface area contributed by atoms with Crippen molar-refractivity contribution in [3.8, 4) is 0 Å². The van der Waals surface area contributed by atoms with Crippen molar-refractivity contribution in [2.24, 2.45) is 0 Å². The number of aromatic nitrogens is 1. The summed E-state index contributed by atoms with van der Waals surface area (Å²) >= 11 is 1.43. The zero-order valence-electron chi connectivity index (χ0n) is 10.8. The van der Waals surface area contributed by atoms with Crippen molar-refractivity contribution < 1.29 is 4.79 Å². The van der Waals surface area contributed by atoms with Gasteiger partial charge in [-0.3, -0.25) is 9.10 Å². The highest BCUT2D eigenvalue weighted by atomic mass is 32.2. The minimum absolute atomic E-state index is 0.178. The van der Waals surface area contributed by atoms with Crippen LogP contribution in [-0.2, 0) is 4.79 Å². The van der Waals surface area contributed by atoms with E-state index in [9.17, 15) is 4.79 Å². The summed E-state index contributed by atoms with van der Waals surface area (Å²) in [5, 5.41) is 0.862. The van der Waals surface area contributed by atoms with Crippen molar-refractivity contribution in [2.45, 2.75) is 37.6 Å². The molecule has 0 saturated carbocycles. The van der Waals surface area contributed by atoms with Gasteiger partial charge in [0.15, 0.2) is 0 Å². The van der Waals surface area contributed by atoms with Crippen LogP contribution in [0.15, 0.2) is 42.1 Å². The van der Waals surface area contributed by atoms with Crippen LogP contribution in [-0.4, -0.2) is 21.7 Å². The van der Waals surface area contributed by atoms with Crippen molar-refractivity contribution in [3.63, 3.8) is 0 Å². The van der Waals surface area contributed by atoms with Crippen LogP contribution in [0.4, 0.5) is 0 Å². The van der Waals surface area contributed by atoms with Crippen molar-refractivity contribution in [3.05, 3.63) is 37.1 Å². The van der Waals surface area contributed by atoms with Crippen LogP contribution >= 0.6 is 11.9 Å². The fourth-order valence-electron chi connectivity index (χ4n) is 1.45. The Hall–Kier alpha value is -1.29. The maximum absolute atomic E-state index is 12.0. The highest BCUT2D eigenvalue weighted by Crippen LogP contribution is 2.21. The van der Waals surface area contributed by atoms with E-state index in [2.05, 4.69) is 11.6 Å². The molecule has 0 fully saturated rings. The molecule has 0 unspecified atom stereocenters. The van der Waals surface area contributed by atoms with Crippen LogP contribution in [0, 0.1) is 0 Å². The van der Waals surface area contributed by atoms with E-state index in [4.69, 9.17) is 0 Å². The fourth-order valence-corrected chi connectivity index (χ4v) is 2.34. The average Bonchev–Trinajstić information content (AvgIpc) is 2.39. The van der Waals surface area contributed by atoms with E-state index in [1.165, 1.54) is 11.9 Å². The first-order chi connectivity index (χ1) is 8.77. The monoisotopic (exact) mass is 264 g/mol. The van der Waals surface area contributed by atoms with E-state index in [0.29, 0.717) is 6.42 Å². The molecule has 1 amide bonds. The second kappa shape index (κ2) is 8.75. The van der Waals surface area contributed by atoms with Gasteiger partial charge in [-0.1, -0.05) is 19.1 Å². The topological polar surface area (TPSA) is 33.2 Å². The predicted octanol–water partition coefficient (Wildman–Crippen LogP) is 3.68. The Bertz CT molecular complexity index is 367. The van der Waals surface area contributed by atoms with Crippen LogP contribution in [0.5, 0.6) is 0 Å². The van der Waals surface area contributed by atoms with E-state index in [0.717, 1.165) is 30.8 Å². The number of unbranched alkanes of at least 4 members (excludes halogenated alkanes) is 1. The van der Waals surface area contributed by atoms with Gasteiger partial charge >= 0.3 is 0 Å². The Morgan fingerprint density at radius 2 is 2.39 bits per heavy atom. The SMILES string of the molecule is C=CCCCN(Sc1ccccn1)C(=O)CCC. The highest BCUT2D eigenvalue weighted by molar-refractivity contribution is 7.97. The predicted molar refractivity (Wildman–Crippen MR) is 76.1 cm³/mol. The molecule has 0 aliphatic rings. The molecule has 0 radical (unpaired) electrons. The van der Waals surface area contributed by atoms with Gasteiger partial charge in [0, 0.05) is 31.1 Å². The van der Waals surface area contributed by atoms with Gasteiger partial charge in [0.05, 0.1) is 0 Å². The number of amides is 1. The number of hydrogen-bond acceptors (Lipinski definition) is 3. The third-order valence-corrected chi connectivity index (χ3v) is 3.39. The van der Waals surface area contributed by atoms with Crippen molar-refractivity contribution in [2.75, 3.05) is 6.54 Å². The lowest BCUT2D eigenvalue weighted by atomic mass is 10.3. The first-order valence-electron chi connectivity index (χ1n) is 6.28. The zero-order valence-corrected chi connectivity index (χ0v) is 11.7. The first-order valence-corrected chi connectivity index (χ1v) is 7.05. The first kappa shape index (κ1) is 14.8. The molecular formula is C14H20N2OS. The van der Waals surface area contributed by atoms with E-state index in [1.54, 1.807) is 6.20 Å². The Morgan fingerprint density at radius 3 is 3.00 bits per heavy atom. The quantitative estimate of drug-likeness (QED) is 0.408. The number of carbonyl (C=O) groups is 1. The molecule has 1 aromatic rings. The third kappa shape index (κ3) is 5.36. The molecule has 3 nitrogen and oxygen atoms in total. The lowest BCUT2D eigenvalue weighted by molar-refractivity contribution is -0.126. The molecule has 98 valence electrons. The molecule has 0 atom stereocenters. The molecule has 0 N–H and O–H groups in total. The van der Waals surface area contributed by atoms with Gasteiger partial charge in [-0.05, 0) is 31.4 Å². The summed E-state index contributed by atoms with van der Waals surface area (Å²) in [5.41, 5.74) is 0. The molecule has 0 saturated heterocycles. The summed E-state index contributed by atoms with van der Waals surface area (Å²) in [6.07, 6.45) is 6.97. The maximum Gasteiger partial charge on any atom is 0.232 e. The van der Waals surface area contributed by atoms with E-state index < -0.39 is 0 Å². The maximum atomic E-state index is 12.0. The van der Waals surface area contributed by atoms with E-state index >= 15 is 0 Å². The van der Waals surface area contributed by atoms with Gasteiger partial charge < -0.3 is 0 Å². The standard InChI is InChI=1S/C14H20N2OS/c1-3-5-8-12-16(14(17)9-4-2)18-13-10-6-7-11-15-13/h3,6-7,10-11H,1,4-5,8-9,12H2,2H3. The third-order valence-electron chi connectivity index (χ3n) is 2.35. The number of carbonyl (C=O) groups excluding carboxylic acids is 1. The van der Waals surface area contributed by atoms with Crippen LogP contribution in [0.25, 0.3) is 0 Å². The largest absolute Gasteiger partial charge is 0.281 e. The molecule has 1 rings (SSSR count). The summed E-state index contributed by atoms with van der Waals surface area (Å²) in [6.45, 7) is 6.46. The lowest BCUT2D eigenvalue weighted by Gasteiger charge is -2.20. The van der Waals surface area contributed by atoms with Crippen LogP contribution in [0.1, 0.15) is 32.6 Å². The average molecular weight is 264 g/mol. The second-order valence-electron chi connectivity index (χ2n) is 3.94. The van der Waals surface area contributed by atoms with Gasteiger partial charge in [-0.25, -0.2) is 4.98 Å². The summed E-state index contributed by atoms with van der Waals surface area (Å²) in [6, 6.07) is 5.73. The molecule has 1 heterocycles. The molecule has 0 spiro atoms. The Balaban J connectivity index is 2.58. The molecule has 18 heavy (non-hydrogen) atoms. The fraction of sp³-hybridized carbons (Fsp3) is 0.429. The summed E-state index contributed by atoms with van der Waals surface area (Å²) in [4.78, 5) is 16.2. The molecule has 0 aliphatic carbocycles. The van der Waals surface area contributed by atoms with Crippen molar-refractivity contribution >= 4 is 17.9 Å². The molecule has 0 bridgehead atoms.